The lowest BCUT2D eigenvalue weighted by Gasteiger charge is -2.38. The second-order valence-corrected chi connectivity index (χ2v) is 21.4. The average molecular weight is 439 g/mol. The average Bonchev–Trinajstić information content (AvgIpc) is 2.60. The Balaban J connectivity index is 6.97. The molecule has 0 aliphatic rings. The van der Waals surface area contributed by atoms with Crippen molar-refractivity contribution in [3.63, 3.8) is 0 Å². The second kappa shape index (κ2) is 11.6. The van der Waals surface area contributed by atoms with Crippen LogP contribution >= 0.6 is 0 Å². The minimum atomic E-state index is -1.97. The highest BCUT2D eigenvalue weighted by atomic mass is 28.3. The van der Waals surface area contributed by atoms with Gasteiger partial charge in [0.05, 0.1) is 0 Å². The number of rotatable bonds is 6. The Morgan fingerprint density at radius 3 is 0.867 bits per heavy atom. The van der Waals surface area contributed by atoms with Gasteiger partial charge in [0.25, 0.3) is 0 Å². The lowest BCUT2D eigenvalue weighted by molar-refractivity contribution is 0.838. The van der Waals surface area contributed by atoms with Gasteiger partial charge in [-0.1, -0.05) is 94.9 Å². The second-order valence-electron chi connectivity index (χ2n) is 10.3. The minimum absolute atomic E-state index is 0.0494. The quantitative estimate of drug-likeness (QED) is 0.241. The Morgan fingerprint density at radius 2 is 0.700 bits per heavy atom. The summed E-state index contributed by atoms with van der Waals surface area (Å²) in [5.74, 6) is 6.58. The van der Waals surface area contributed by atoms with Gasteiger partial charge in [0.1, 0.15) is 33.9 Å². The monoisotopic (exact) mass is 438 g/mol. The lowest BCUT2D eigenvalue weighted by Crippen LogP contribution is -2.43. The van der Waals surface area contributed by atoms with E-state index in [1.54, 1.807) is 0 Å². The van der Waals surface area contributed by atoms with Crippen molar-refractivity contribution in [1.82, 2.24) is 0 Å². The van der Waals surface area contributed by atoms with Crippen LogP contribution < -0.4 is 0 Å². The van der Waals surface area contributed by atoms with E-state index in [9.17, 15) is 10.5 Å². The van der Waals surface area contributed by atoms with E-state index in [-0.39, 0.29) is 5.57 Å². The maximum atomic E-state index is 9.57. The first kappa shape index (κ1) is 28.3. The summed E-state index contributed by atoms with van der Waals surface area (Å²) in [7, 11) is -3.95. The fraction of sp³-hybridized carbons (Fsp3) is 0.692. The molecule has 4 heteroatoms. The highest BCUT2D eigenvalue weighted by molar-refractivity contribution is 6.91. The summed E-state index contributed by atoms with van der Waals surface area (Å²) in [6.07, 6.45) is 0. The Hall–Kier alpha value is -1.73. The van der Waals surface area contributed by atoms with E-state index in [0.717, 1.165) is 0 Å². The van der Waals surface area contributed by atoms with Crippen LogP contribution in [0.2, 0.25) is 33.2 Å². The molecule has 2 nitrogen and oxygen atoms in total. The standard InChI is InChI=1S/C26H42N2Si2/c1-19(2)29(20(3)4,21(5)6)15-13-25(26(17-27)18-28)14-16-30(22(7)8,23(9)10)24(11)12/h19-24H,1-12H3. The van der Waals surface area contributed by atoms with E-state index in [1.165, 1.54) is 0 Å². The summed E-state index contributed by atoms with van der Waals surface area (Å²) in [5, 5.41) is 19.1. The summed E-state index contributed by atoms with van der Waals surface area (Å²) in [6, 6.07) is 4.09. The number of nitrogens with zero attached hydrogens (tertiary/aromatic N) is 2. The third-order valence-electron chi connectivity index (χ3n) is 7.01. The van der Waals surface area contributed by atoms with Crippen LogP contribution in [0.5, 0.6) is 0 Å². The molecule has 164 valence electrons. The van der Waals surface area contributed by atoms with Crippen molar-refractivity contribution in [3.05, 3.63) is 11.1 Å². The first-order valence-electron chi connectivity index (χ1n) is 11.4. The van der Waals surface area contributed by atoms with Crippen LogP contribution in [-0.2, 0) is 0 Å². The van der Waals surface area contributed by atoms with Crippen molar-refractivity contribution in [1.29, 1.82) is 10.5 Å². The smallest absolute Gasteiger partial charge is 0.153 e. The van der Waals surface area contributed by atoms with Gasteiger partial charge in [-0.15, -0.1) is 11.1 Å². The van der Waals surface area contributed by atoms with Crippen molar-refractivity contribution in [3.8, 4) is 35.1 Å². The third-order valence-corrected chi connectivity index (χ3v) is 19.6. The largest absolute Gasteiger partial charge is 0.192 e. The minimum Gasteiger partial charge on any atom is -0.192 e. The Kier molecular flexibility index (Phi) is 10.9. The predicted molar refractivity (Wildman–Crippen MR) is 136 cm³/mol. The van der Waals surface area contributed by atoms with Crippen LogP contribution in [0, 0.1) is 45.6 Å². The van der Waals surface area contributed by atoms with Crippen LogP contribution in [0.4, 0.5) is 0 Å². The Bertz CT molecular complexity index is 711. The van der Waals surface area contributed by atoms with E-state index in [1.807, 2.05) is 12.1 Å². The molecule has 0 aromatic carbocycles. The Morgan fingerprint density at radius 1 is 0.467 bits per heavy atom. The zero-order valence-corrected chi connectivity index (χ0v) is 23.4. The van der Waals surface area contributed by atoms with Crippen molar-refractivity contribution in [2.75, 3.05) is 0 Å². The number of hydrogen-bond acceptors (Lipinski definition) is 2. The van der Waals surface area contributed by atoms with Crippen LogP contribution in [0.1, 0.15) is 83.1 Å². The van der Waals surface area contributed by atoms with Crippen molar-refractivity contribution in [2.45, 2.75) is 116 Å². The van der Waals surface area contributed by atoms with Crippen molar-refractivity contribution >= 4 is 16.1 Å². The molecule has 0 rings (SSSR count). The summed E-state index contributed by atoms with van der Waals surface area (Å²) >= 11 is 0. The van der Waals surface area contributed by atoms with Crippen molar-refractivity contribution in [2.24, 2.45) is 0 Å². The fourth-order valence-electron chi connectivity index (χ4n) is 5.50. The molecule has 0 heterocycles. The van der Waals surface area contributed by atoms with E-state index >= 15 is 0 Å². The van der Waals surface area contributed by atoms with E-state index in [2.05, 4.69) is 106 Å². The summed E-state index contributed by atoms with van der Waals surface area (Å²) in [5.41, 5.74) is 10.7. The molecule has 0 spiro atoms. The molecule has 30 heavy (non-hydrogen) atoms. The molecule has 0 atom stereocenters. The van der Waals surface area contributed by atoms with Gasteiger partial charge in [0.15, 0.2) is 5.57 Å². The van der Waals surface area contributed by atoms with Crippen LogP contribution in [0.3, 0.4) is 0 Å². The lowest BCUT2D eigenvalue weighted by atomic mass is 10.1. The molecule has 0 fully saturated rings. The number of hydrogen-bond donors (Lipinski definition) is 0. The van der Waals surface area contributed by atoms with E-state index in [4.69, 9.17) is 0 Å². The molecule has 0 aliphatic heterocycles. The van der Waals surface area contributed by atoms with Gasteiger partial charge in [-0.3, -0.25) is 0 Å². The van der Waals surface area contributed by atoms with Gasteiger partial charge in [-0.05, 0) is 33.2 Å². The molecule has 0 aromatic rings. The van der Waals surface area contributed by atoms with Gasteiger partial charge < -0.3 is 0 Å². The normalized spacial score (nSPS) is 11.9. The maximum absolute atomic E-state index is 9.57. The van der Waals surface area contributed by atoms with E-state index in [0.29, 0.717) is 38.8 Å². The number of allylic oxidation sites excluding steroid dienone is 2. The fourth-order valence-corrected chi connectivity index (χ4v) is 15.9. The van der Waals surface area contributed by atoms with E-state index < -0.39 is 16.1 Å². The van der Waals surface area contributed by atoms with Gasteiger partial charge >= 0.3 is 0 Å². The van der Waals surface area contributed by atoms with Gasteiger partial charge in [-0.25, -0.2) is 0 Å². The van der Waals surface area contributed by atoms with Crippen molar-refractivity contribution < 1.29 is 0 Å². The number of nitriles is 2. The molecule has 0 saturated heterocycles. The topological polar surface area (TPSA) is 47.6 Å². The molecule has 0 aromatic heterocycles. The summed E-state index contributed by atoms with van der Waals surface area (Å²) < 4.78 is 0. The molecule has 0 aliphatic carbocycles. The SMILES string of the molecule is CC(C)[Si](C#CC(C#C[Si](C(C)C)(C(C)C)C(C)C)=C(C#N)C#N)(C(C)C)C(C)C. The summed E-state index contributed by atoms with van der Waals surface area (Å²) in [6.45, 7) is 27.2. The molecule has 0 bridgehead atoms. The predicted octanol–water partition coefficient (Wildman–Crippen LogP) is 7.77. The first-order valence-corrected chi connectivity index (χ1v) is 15.8. The maximum Gasteiger partial charge on any atom is 0.153 e. The highest BCUT2D eigenvalue weighted by Crippen LogP contribution is 2.42. The summed E-state index contributed by atoms with van der Waals surface area (Å²) in [4.78, 5) is 0. The van der Waals surface area contributed by atoms with Crippen LogP contribution in [-0.4, -0.2) is 16.1 Å². The Labute approximate surface area is 189 Å². The zero-order chi connectivity index (χ0) is 23.9. The molecule has 0 N–H and O–H groups in total. The molecule has 0 amide bonds. The van der Waals surface area contributed by atoms with Crippen LogP contribution in [0.15, 0.2) is 11.1 Å². The molecule has 0 saturated carbocycles. The van der Waals surface area contributed by atoms with Gasteiger partial charge in [0.2, 0.25) is 0 Å². The molecular weight excluding hydrogens is 396 g/mol. The zero-order valence-electron chi connectivity index (χ0n) is 21.4. The van der Waals surface area contributed by atoms with Crippen LogP contribution in [0.25, 0.3) is 0 Å². The highest BCUT2D eigenvalue weighted by Gasteiger charge is 2.43. The molecule has 0 radical (unpaired) electrons. The molecule has 0 unspecified atom stereocenters. The first-order chi connectivity index (χ1) is 13.7. The third kappa shape index (κ3) is 5.70. The van der Waals surface area contributed by atoms with Gasteiger partial charge in [-0.2, -0.15) is 10.5 Å². The molecular formula is C26H42N2Si2. The van der Waals surface area contributed by atoms with Gasteiger partial charge in [0, 0.05) is 0 Å².